The Morgan fingerprint density at radius 3 is 2.31 bits per heavy atom. The lowest BCUT2D eigenvalue weighted by Gasteiger charge is -2.48. The third-order valence-electron chi connectivity index (χ3n) is 7.99. The van der Waals surface area contributed by atoms with Crippen molar-refractivity contribution in [3.05, 3.63) is 59.7 Å². The Bertz CT molecular complexity index is 1090. The van der Waals surface area contributed by atoms with E-state index >= 15 is 0 Å². The quantitative estimate of drug-likeness (QED) is 0.617. The molecule has 4 atom stereocenters. The molecule has 0 spiro atoms. The molecule has 35 heavy (non-hydrogen) atoms. The van der Waals surface area contributed by atoms with Gasteiger partial charge in [-0.2, -0.15) is 0 Å². The van der Waals surface area contributed by atoms with E-state index in [1.54, 1.807) is 4.90 Å². The Labute approximate surface area is 205 Å². The van der Waals surface area contributed by atoms with E-state index in [4.69, 9.17) is 4.74 Å². The molecule has 3 fully saturated rings. The standard InChI is InChI=1S/C28H32N2O5/c1-2-18(14-26(31)30-15-17-11-12-25(30)23(13-17)27(32)33)29-28(34)35-16-24-21-9-5-3-7-19(21)20-8-4-6-10-22(20)24/h3-10,17-18,23-25H,2,11-16H2,1H3,(H,29,34)(H,32,33)/t17?,18-,23?,25?/m0/s1. The summed E-state index contributed by atoms with van der Waals surface area (Å²) >= 11 is 0. The topological polar surface area (TPSA) is 95.9 Å². The maximum Gasteiger partial charge on any atom is 0.407 e. The van der Waals surface area contributed by atoms with Crippen LogP contribution in [-0.4, -0.2) is 53.2 Å². The van der Waals surface area contributed by atoms with Gasteiger partial charge in [0, 0.05) is 31.0 Å². The van der Waals surface area contributed by atoms with Crippen molar-refractivity contribution in [1.29, 1.82) is 0 Å². The number of amides is 2. The van der Waals surface area contributed by atoms with E-state index in [2.05, 4.69) is 29.6 Å². The summed E-state index contributed by atoms with van der Waals surface area (Å²) in [6.07, 6.45) is 2.57. The van der Waals surface area contributed by atoms with Crippen LogP contribution in [0.1, 0.15) is 56.1 Å². The SMILES string of the molecule is CC[C@@H](CC(=O)N1CC2CCC1C(C(=O)O)C2)NC(=O)OCC1c2ccccc2-c2ccccc21. The Hall–Kier alpha value is -3.35. The number of fused-ring (bicyclic) bond motifs is 6. The molecule has 2 bridgehead atoms. The highest BCUT2D eigenvalue weighted by Crippen LogP contribution is 2.44. The van der Waals surface area contributed by atoms with E-state index in [0.717, 1.165) is 24.0 Å². The molecule has 7 nitrogen and oxygen atoms in total. The molecule has 7 heteroatoms. The second kappa shape index (κ2) is 9.72. The number of carbonyl (C=O) groups excluding carboxylic acids is 2. The number of carboxylic acid groups (broad SMARTS) is 1. The fourth-order valence-corrected chi connectivity index (χ4v) is 6.18. The maximum atomic E-state index is 13.1. The molecule has 184 valence electrons. The van der Waals surface area contributed by atoms with Crippen molar-refractivity contribution >= 4 is 18.0 Å². The largest absolute Gasteiger partial charge is 0.481 e. The minimum atomic E-state index is -0.819. The van der Waals surface area contributed by atoms with Crippen molar-refractivity contribution in [1.82, 2.24) is 10.2 Å². The van der Waals surface area contributed by atoms with Crippen molar-refractivity contribution in [3.8, 4) is 11.1 Å². The molecule has 6 rings (SSSR count). The Balaban J connectivity index is 1.19. The highest BCUT2D eigenvalue weighted by molar-refractivity contribution is 5.81. The number of rotatable bonds is 7. The minimum Gasteiger partial charge on any atom is -0.481 e. The van der Waals surface area contributed by atoms with Gasteiger partial charge in [0.05, 0.1) is 5.92 Å². The predicted octanol–water partition coefficient (Wildman–Crippen LogP) is 4.41. The number of nitrogens with zero attached hydrogens (tertiary/aromatic N) is 1. The van der Waals surface area contributed by atoms with Gasteiger partial charge in [-0.3, -0.25) is 9.59 Å². The van der Waals surface area contributed by atoms with E-state index in [0.29, 0.717) is 19.4 Å². The molecule has 4 aliphatic rings. The third-order valence-corrected chi connectivity index (χ3v) is 7.99. The zero-order chi connectivity index (χ0) is 24.5. The van der Waals surface area contributed by atoms with Crippen LogP contribution in [0, 0.1) is 11.8 Å². The number of hydrogen-bond acceptors (Lipinski definition) is 4. The van der Waals surface area contributed by atoms with Crippen molar-refractivity contribution < 1.29 is 24.2 Å². The summed E-state index contributed by atoms with van der Waals surface area (Å²) in [4.78, 5) is 39.2. The van der Waals surface area contributed by atoms with Crippen molar-refractivity contribution in [3.63, 3.8) is 0 Å². The second-order valence-corrected chi connectivity index (χ2v) is 10.0. The van der Waals surface area contributed by atoms with Gasteiger partial charge in [0.25, 0.3) is 0 Å². The number of carboxylic acids is 1. The molecule has 2 saturated heterocycles. The van der Waals surface area contributed by atoms with Crippen LogP contribution in [0.4, 0.5) is 4.79 Å². The van der Waals surface area contributed by atoms with Crippen molar-refractivity contribution in [2.24, 2.45) is 11.8 Å². The molecule has 1 saturated carbocycles. The molecule has 2 aromatic rings. The number of hydrogen-bond donors (Lipinski definition) is 2. The highest BCUT2D eigenvalue weighted by Gasteiger charge is 2.46. The second-order valence-electron chi connectivity index (χ2n) is 10.0. The Morgan fingerprint density at radius 2 is 1.71 bits per heavy atom. The monoisotopic (exact) mass is 476 g/mol. The number of alkyl carbamates (subject to hydrolysis) is 1. The van der Waals surface area contributed by atoms with Gasteiger partial charge in [0.15, 0.2) is 0 Å². The molecule has 0 radical (unpaired) electrons. The number of piperidine rings is 2. The van der Waals surface area contributed by atoms with Crippen LogP contribution in [0.25, 0.3) is 11.1 Å². The number of ether oxygens (including phenoxy) is 1. The van der Waals surface area contributed by atoms with Crippen LogP contribution in [-0.2, 0) is 14.3 Å². The van der Waals surface area contributed by atoms with E-state index < -0.39 is 18.0 Å². The smallest absolute Gasteiger partial charge is 0.407 e. The van der Waals surface area contributed by atoms with Gasteiger partial charge in [0.2, 0.25) is 5.91 Å². The summed E-state index contributed by atoms with van der Waals surface area (Å²) in [7, 11) is 0. The van der Waals surface area contributed by atoms with Crippen LogP contribution in [0.2, 0.25) is 0 Å². The molecule has 2 N–H and O–H groups in total. The predicted molar refractivity (Wildman–Crippen MR) is 131 cm³/mol. The summed E-state index contributed by atoms with van der Waals surface area (Å²) in [5.41, 5.74) is 4.64. The van der Waals surface area contributed by atoms with Crippen molar-refractivity contribution in [2.75, 3.05) is 13.2 Å². The van der Waals surface area contributed by atoms with Crippen LogP contribution < -0.4 is 5.32 Å². The maximum absolute atomic E-state index is 13.1. The van der Waals surface area contributed by atoms with Crippen LogP contribution >= 0.6 is 0 Å². The molecule has 0 aromatic heterocycles. The van der Waals surface area contributed by atoms with Gasteiger partial charge < -0.3 is 20.1 Å². The molecular weight excluding hydrogens is 444 g/mol. The summed E-state index contributed by atoms with van der Waals surface area (Å²) in [6, 6.07) is 15.8. The van der Waals surface area contributed by atoms with Crippen LogP contribution in [0.5, 0.6) is 0 Å². The molecular formula is C28H32N2O5. The first-order chi connectivity index (χ1) is 17.0. The van der Waals surface area contributed by atoms with Crippen LogP contribution in [0.3, 0.4) is 0 Å². The molecule has 2 amide bonds. The third kappa shape index (κ3) is 4.51. The van der Waals surface area contributed by atoms with Gasteiger partial charge >= 0.3 is 12.1 Å². The zero-order valence-corrected chi connectivity index (χ0v) is 20.0. The van der Waals surface area contributed by atoms with Gasteiger partial charge in [-0.15, -0.1) is 0 Å². The first kappa shape index (κ1) is 23.4. The lowest BCUT2D eigenvalue weighted by Crippen LogP contribution is -2.57. The van der Waals surface area contributed by atoms with Gasteiger partial charge in [-0.05, 0) is 53.9 Å². The zero-order valence-electron chi connectivity index (χ0n) is 20.0. The molecule has 2 heterocycles. The summed E-state index contributed by atoms with van der Waals surface area (Å²) in [5, 5.41) is 12.4. The summed E-state index contributed by atoms with van der Waals surface area (Å²) in [5.74, 6) is -1.16. The van der Waals surface area contributed by atoms with E-state index in [-0.39, 0.29) is 42.9 Å². The molecule has 2 aliphatic heterocycles. The van der Waals surface area contributed by atoms with Gasteiger partial charge in [-0.1, -0.05) is 55.5 Å². The molecule has 2 aromatic carbocycles. The number of aliphatic carboxylic acids is 1. The highest BCUT2D eigenvalue weighted by atomic mass is 16.5. The molecule has 2 aliphatic carbocycles. The Kier molecular flexibility index (Phi) is 6.50. The number of nitrogens with one attached hydrogen (secondary N) is 1. The van der Waals surface area contributed by atoms with E-state index in [9.17, 15) is 19.5 Å². The first-order valence-corrected chi connectivity index (χ1v) is 12.6. The lowest BCUT2D eigenvalue weighted by molar-refractivity contribution is -0.155. The van der Waals surface area contributed by atoms with Gasteiger partial charge in [0.1, 0.15) is 6.61 Å². The molecule has 3 unspecified atom stereocenters. The lowest BCUT2D eigenvalue weighted by atomic mass is 9.72. The fourth-order valence-electron chi connectivity index (χ4n) is 6.18. The average molecular weight is 477 g/mol. The Morgan fingerprint density at radius 1 is 1.06 bits per heavy atom. The van der Waals surface area contributed by atoms with E-state index in [1.165, 1.54) is 11.1 Å². The van der Waals surface area contributed by atoms with Gasteiger partial charge in [-0.25, -0.2) is 4.79 Å². The van der Waals surface area contributed by atoms with E-state index in [1.807, 2.05) is 31.2 Å². The fraction of sp³-hybridized carbons (Fsp3) is 0.464. The minimum absolute atomic E-state index is 0.0216. The van der Waals surface area contributed by atoms with Crippen molar-refractivity contribution in [2.45, 2.75) is 57.0 Å². The number of benzene rings is 2. The average Bonchev–Trinajstić information content (AvgIpc) is 3.20. The first-order valence-electron chi connectivity index (χ1n) is 12.6. The normalized spacial score (nSPS) is 23.3. The summed E-state index contributed by atoms with van der Waals surface area (Å²) in [6.45, 7) is 2.76. The number of carbonyl (C=O) groups is 3. The summed E-state index contributed by atoms with van der Waals surface area (Å²) < 4.78 is 5.64. The van der Waals surface area contributed by atoms with Crippen LogP contribution in [0.15, 0.2) is 48.5 Å².